The predicted octanol–water partition coefficient (Wildman–Crippen LogP) is 3.45. The van der Waals surface area contributed by atoms with Gasteiger partial charge in [-0.25, -0.2) is 0 Å². The Morgan fingerprint density at radius 3 is 2.56 bits per heavy atom. The van der Waals surface area contributed by atoms with Crippen LogP contribution in [0.15, 0.2) is 71.6 Å². The van der Waals surface area contributed by atoms with Crippen molar-refractivity contribution < 1.29 is 13.9 Å². The number of benzene rings is 1. The highest BCUT2D eigenvalue weighted by Gasteiger charge is 2.16. The molecule has 0 unspecified atom stereocenters. The summed E-state index contributed by atoms with van der Waals surface area (Å²) in [4.78, 5) is 18.7. The number of carbonyl (C=O) groups is 1. The molecule has 0 bridgehead atoms. The van der Waals surface area contributed by atoms with E-state index < -0.39 is 0 Å². The van der Waals surface area contributed by atoms with Crippen molar-refractivity contribution in [3.8, 4) is 5.75 Å². The van der Waals surface area contributed by atoms with Crippen LogP contribution >= 0.6 is 0 Å². The molecule has 128 valence electrons. The number of carbonyl (C=O) groups excluding carboxylic acids is 1. The number of nitrogens with zero attached hydrogens (tertiary/aromatic N) is 2. The van der Waals surface area contributed by atoms with Crippen LogP contribution in [0.1, 0.15) is 16.9 Å². The molecule has 0 radical (unpaired) electrons. The van der Waals surface area contributed by atoms with E-state index in [1.165, 1.54) is 0 Å². The number of amides is 1. The van der Waals surface area contributed by atoms with Crippen LogP contribution < -0.4 is 4.74 Å². The number of hydrogen-bond donors (Lipinski definition) is 0. The van der Waals surface area contributed by atoms with Crippen LogP contribution in [0.3, 0.4) is 0 Å². The molecule has 1 amide bonds. The molecule has 3 aromatic rings. The fraction of sp³-hybridized carbons (Fsp3) is 0.200. The van der Waals surface area contributed by atoms with E-state index in [0.29, 0.717) is 19.5 Å². The van der Waals surface area contributed by atoms with Gasteiger partial charge >= 0.3 is 0 Å². The SMILES string of the molecule is COc1ccc(CC(=O)N(Cc2cccnc2)Cc2ccco2)cc1. The Kier molecular flexibility index (Phi) is 5.46. The van der Waals surface area contributed by atoms with Crippen molar-refractivity contribution in [3.05, 3.63) is 84.1 Å². The Labute approximate surface area is 146 Å². The van der Waals surface area contributed by atoms with Crippen molar-refractivity contribution in [2.24, 2.45) is 0 Å². The van der Waals surface area contributed by atoms with Gasteiger partial charge in [0.2, 0.25) is 5.91 Å². The maximum Gasteiger partial charge on any atom is 0.227 e. The highest BCUT2D eigenvalue weighted by atomic mass is 16.5. The molecule has 0 aliphatic carbocycles. The first-order valence-electron chi connectivity index (χ1n) is 8.06. The molecule has 0 saturated carbocycles. The van der Waals surface area contributed by atoms with Gasteiger partial charge in [0.15, 0.2) is 0 Å². The molecule has 0 fully saturated rings. The normalized spacial score (nSPS) is 10.4. The Balaban J connectivity index is 1.73. The molecule has 2 heterocycles. The summed E-state index contributed by atoms with van der Waals surface area (Å²) in [5.74, 6) is 1.57. The zero-order valence-electron chi connectivity index (χ0n) is 14.1. The van der Waals surface area contributed by atoms with Gasteiger partial charge in [0.05, 0.1) is 26.3 Å². The Morgan fingerprint density at radius 1 is 1.08 bits per heavy atom. The van der Waals surface area contributed by atoms with Crippen LogP contribution in [0.25, 0.3) is 0 Å². The molecule has 3 rings (SSSR count). The lowest BCUT2D eigenvalue weighted by molar-refractivity contribution is -0.132. The zero-order chi connectivity index (χ0) is 17.5. The molecule has 0 spiro atoms. The average molecular weight is 336 g/mol. The van der Waals surface area contributed by atoms with E-state index in [9.17, 15) is 4.79 Å². The lowest BCUT2D eigenvalue weighted by Crippen LogP contribution is -2.31. The van der Waals surface area contributed by atoms with Crippen LogP contribution in [-0.2, 0) is 24.3 Å². The number of aromatic nitrogens is 1. The molecule has 0 aliphatic heterocycles. The molecule has 0 aliphatic rings. The Morgan fingerprint density at radius 2 is 1.92 bits per heavy atom. The second kappa shape index (κ2) is 8.15. The number of methoxy groups -OCH3 is 1. The summed E-state index contributed by atoms with van der Waals surface area (Å²) in [7, 11) is 1.62. The van der Waals surface area contributed by atoms with Crippen LogP contribution in [0, 0.1) is 0 Å². The molecule has 2 aromatic heterocycles. The summed E-state index contributed by atoms with van der Waals surface area (Å²) in [6.07, 6.45) is 5.44. The first-order chi connectivity index (χ1) is 12.2. The third kappa shape index (κ3) is 4.70. The van der Waals surface area contributed by atoms with Crippen molar-refractivity contribution in [2.45, 2.75) is 19.5 Å². The fourth-order valence-corrected chi connectivity index (χ4v) is 2.56. The summed E-state index contributed by atoms with van der Waals surface area (Å²) in [5.41, 5.74) is 1.93. The van der Waals surface area contributed by atoms with E-state index in [1.54, 1.807) is 30.7 Å². The van der Waals surface area contributed by atoms with E-state index in [0.717, 1.165) is 22.6 Å². The molecule has 5 heteroatoms. The summed E-state index contributed by atoms with van der Waals surface area (Å²) in [6, 6.07) is 15.1. The van der Waals surface area contributed by atoms with Gasteiger partial charge in [0, 0.05) is 18.9 Å². The van der Waals surface area contributed by atoms with E-state index >= 15 is 0 Å². The monoisotopic (exact) mass is 336 g/mol. The third-order valence-corrected chi connectivity index (χ3v) is 3.89. The third-order valence-electron chi connectivity index (χ3n) is 3.89. The van der Waals surface area contributed by atoms with Crippen molar-refractivity contribution in [1.82, 2.24) is 9.88 Å². The first kappa shape index (κ1) is 16.8. The van der Waals surface area contributed by atoms with Gasteiger partial charge in [0.1, 0.15) is 11.5 Å². The number of ether oxygens (including phenoxy) is 1. The average Bonchev–Trinajstić information content (AvgIpc) is 3.16. The zero-order valence-corrected chi connectivity index (χ0v) is 14.1. The van der Waals surface area contributed by atoms with Gasteiger partial charge < -0.3 is 14.1 Å². The molecule has 0 atom stereocenters. The topological polar surface area (TPSA) is 55.6 Å². The Hall–Kier alpha value is -3.08. The number of pyridine rings is 1. The Bertz CT molecular complexity index is 784. The number of furan rings is 1. The van der Waals surface area contributed by atoms with E-state index in [4.69, 9.17) is 9.15 Å². The van der Waals surface area contributed by atoms with Crippen LogP contribution in [0.4, 0.5) is 0 Å². The molecule has 25 heavy (non-hydrogen) atoms. The minimum absolute atomic E-state index is 0.0328. The van der Waals surface area contributed by atoms with E-state index in [2.05, 4.69) is 4.98 Å². The first-order valence-corrected chi connectivity index (χ1v) is 8.06. The smallest absolute Gasteiger partial charge is 0.227 e. The molecule has 5 nitrogen and oxygen atoms in total. The summed E-state index contributed by atoms with van der Waals surface area (Å²) in [6.45, 7) is 0.917. The standard InChI is InChI=1S/C20H20N2O3/c1-24-18-8-6-16(7-9-18)12-20(23)22(15-19-5-3-11-25-19)14-17-4-2-10-21-13-17/h2-11,13H,12,14-15H2,1H3. The largest absolute Gasteiger partial charge is 0.497 e. The van der Waals surface area contributed by atoms with Crippen LogP contribution in [0.5, 0.6) is 5.75 Å². The van der Waals surface area contributed by atoms with Gasteiger partial charge in [-0.05, 0) is 41.5 Å². The summed E-state index contributed by atoms with van der Waals surface area (Å²) in [5, 5.41) is 0. The van der Waals surface area contributed by atoms with Gasteiger partial charge in [-0.2, -0.15) is 0 Å². The van der Waals surface area contributed by atoms with Gasteiger partial charge in [-0.15, -0.1) is 0 Å². The lowest BCUT2D eigenvalue weighted by atomic mass is 10.1. The van der Waals surface area contributed by atoms with Gasteiger partial charge in [-0.3, -0.25) is 9.78 Å². The minimum atomic E-state index is 0.0328. The molecular formula is C20H20N2O3. The highest BCUT2D eigenvalue weighted by Crippen LogP contribution is 2.15. The quantitative estimate of drug-likeness (QED) is 0.663. The maximum absolute atomic E-state index is 12.8. The summed E-state index contributed by atoms with van der Waals surface area (Å²) < 4.78 is 10.6. The fourth-order valence-electron chi connectivity index (χ4n) is 2.56. The maximum atomic E-state index is 12.8. The van der Waals surface area contributed by atoms with Crippen molar-refractivity contribution >= 4 is 5.91 Å². The van der Waals surface area contributed by atoms with Crippen molar-refractivity contribution in [3.63, 3.8) is 0 Å². The van der Waals surface area contributed by atoms with E-state index in [-0.39, 0.29) is 5.91 Å². The minimum Gasteiger partial charge on any atom is -0.497 e. The summed E-state index contributed by atoms with van der Waals surface area (Å²) >= 11 is 0. The van der Waals surface area contributed by atoms with Crippen molar-refractivity contribution in [1.29, 1.82) is 0 Å². The van der Waals surface area contributed by atoms with E-state index in [1.807, 2.05) is 48.5 Å². The molecule has 1 aromatic carbocycles. The molecule has 0 N–H and O–H groups in total. The predicted molar refractivity (Wildman–Crippen MR) is 93.9 cm³/mol. The van der Waals surface area contributed by atoms with Gasteiger partial charge in [-0.1, -0.05) is 18.2 Å². The second-order valence-corrected chi connectivity index (χ2v) is 5.72. The molecule has 0 saturated heterocycles. The number of rotatable bonds is 7. The number of hydrogen-bond acceptors (Lipinski definition) is 4. The van der Waals surface area contributed by atoms with Gasteiger partial charge in [0.25, 0.3) is 0 Å². The second-order valence-electron chi connectivity index (χ2n) is 5.72. The lowest BCUT2D eigenvalue weighted by Gasteiger charge is -2.22. The van der Waals surface area contributed by atoms with Crippen molar-refractivity contribution in [2.75, 3.05) is 7.11 Å². The van der Waals surface area contributed by atoms with Crippen LogP contribution in [-0.4, -0.2) is 22.9 Å². The molecular weight excluding hydrogens is 316 g/mol. The highest BCUT2D eigenvalue weighted by molar-refractivity contribution is 5.78. The van der Waals surface area contributed by atoms with Crippen LogP contribution in [0.2, 0.25) is 0 Å².